The standard InChI is InChI=1S/C20H22N4O4/c1-2-11-21-18(26)13-7-3-5-9-15(13)22-17(25)12-24-19(27)14-8-4-6-10-16(14)23-20(24)28/h1,3,5,7,9,14,16H,4,6,8,10-12H2,(H,21,26)(H,22,25)(H,23,28). The summed E-state index contributed by atoms with van der Waals surface area (Å²) in [5.41, 5.74) is 0.523. The van der Waals surface area contributed by atoms with E-state index in [-0.39, 0.29) is 35.7 Å². The molecule has 1 aliphatic heterocycles. The van der Waals surface area contributed by atoms with E-state index in [1.165, 1.54) is 0 Å². The smallest absolute Gasteiger partial charge is 0.324 e. The maximum absolute atomic E-state index is 12.7. The van der Waals surface area contributed by atoms with Gasteiger partial charge in [0, 0.05) is 6.04 Å². The zero-order chi connectivity index (χ0) is 20.1. The number of nitrogens with zero attached hydrogens (tertiary/aromatic N) is 1. The molecule has 1 aliphatic carbocycles. The molecule has 1 saturated carbocycles. The van der Waals surface area contributed by atoms with Crippen LogP contribution in [0.15, 0.2) is 24.3 Å². The van der Waals surface area contributed by atoms with E-state index < -0.39 is 24.4 Å². The highest BCUT2D eigenvalue weighted by molar-refractivity contribution is 6.07. The van der Waals surface area contributed by atoms with Gasteiger partial charge in [-0.1, -0.05) is 30.9 Å². The lowest BCUT2D eigenvalue weighted by Crippen LogP contribution is -2.61. The summed E-state index contributed by atoms with van der Waals surface area (Å²) < 4.78 is 0. The first-order valence-corrected chi connectivity index (χ1v) is 9.23. The molecule has 2 atom stereocenters. The van der Waals surface area contributed by atoms with E-state index in [1.54, 1.807) is 24.3 Å². The van der Waals surface area contributed by atoms with Crippen LogP contribution >= 0.6 is 0 Å². The molecule has 1 saturated heterocycles. The molecule has 5 amide bonds. The fourth-order valence-electron chi connectivity index (χ4n) is 3.64. The molecule has 0 aromatic heterocycles. The quantitative estimate of drug-likeness (QED) is 0.663. The van der Waals surface area contributed by atoms with E-state index in [9.17, 15) is 19.2 Å². The van der Waals surface area contributed by atoms with E-state index in [1.807, 2.05) is 0 Å². The van der Waals surface area contributed by atoms with Crippen molar-refractivity contribution < 1.29 is 19.2 Å². The van der Waals surface area contributed by atoms with Gasteiger partial charge < -0.3 is 16.0 Å². The first-order chi connectivity index (χ1) is 13.5. The Hall–Kier alpha value is -3.34. The molecule has 8 nitrogen and oxygen atoms in total. The van der Waals surface area contributed by atoms with E-state index in [0.717, 1.165) is 24.2 Å². The Bertz CT molecular complexity index is 845. The van der Waals surface area contributed by atoms with Crippen LogP contribution in [-0.2, 0) is 9.59 Å². The number of urea groups is 1. The van der Waals surface area contributed by atoms with E-state index in [2.05, 4.69) is 21.9 Å². The molecule has 3 N–H and O–H groups in total. The van der Waals surface area contributed by atoms with Gasteiger partial charge in [-0.2, -0.15) is 0 Å². The second-order valence-corrected chi connectivity index (χ2v) is 6.85. The van der Waals surface area contributed by atoms with E-state index >= 15 is 0 Å². The number of carbonyl (C=O) groups is 4. The van der Waals surface area contributed by atoms with Crippen molar-refractivity contribution in [3.8, 4) is 12.3 Å². The Labute approximate surface area is 163 Å². The summed E-state index contributed by atoms with van der Waals surface area (Å²) in [6.07, 6.45) is 8.54. The van der Waals surface area contributed by atoms with Gasteiger partial charge in [-0.3, -0.25) is 19.3 Å². The van der Waals surface area contributed by atoms with Crippen molar-refractivity contribution in [2.24, 2.45) is 5.92 Å². The number of benzene rings is 1. The van der Waals surface area contributed by atoms with Crippen LogP contribution in [0.3, 0.4) is 0 Å². The van der Waals surface area contributed by atoms with Crippen LogP contribution < -0.4 is 16.0 Å². The molecule has 0 spiro atoms. The zero-order valence-corrected chi connectivity index (χ0v) is 15.4. The minimum absolute atomic E-state index is 0.0616. The summed E-state index contributed by atoms with van der Waals surface area (Å²) in [7, 11) is 0. The molecule has 8 heteroatoms. The van der Waals surface area contributed by atoms with Crippen LogP contribution in [0, 0.1) is 18.3 Å². The van der Waals surface area contributed by atoms with Gasteiger partial charge in [0.2, 0.25) is 11.8 Å². The first kappa shape index (κ1) is 19.4. The number of nitrogens with one attached hydrogen (secondary N) is 3. The number of para-hydroxylation sites is 1. The second kappa shape index (κ2) is 8.57. The molecule has 1 heterocycles. The molecule has 146 valence electrons. The number of hydrogen-bond donors (Lipinski definition) is 3. The molecule has 2 fully saturated rings. The highest BCUT2D eigenvalue weighted by atomic mass is 16.2. The van der Waals surface area contributed by atoms with Crippen molar-refractivity contribution in [2.45, 2.75) is 31.7 Å². The van der Waals surface area contributed by atoms with Crippen LogP contribution in [0.2, 0.25) is 0 Å². The number of amides is 5. The van der Waals surface area contributed by atoms with E-state index in [0.29, 0.717) is 6.42 Å². The van der Waals surface area contributed by atoms with Crippen LogP contribution in [0.4, 0.5) is 10.5 Å². The van der Waals surface area contributed by atoms with Gasteiger partial charge in [-0.15, -0.1) is 6.42 Å². The average Bonchev–Trinajstić information content (AvgIpc) is 2.69. The Balaban J connectivity index is 1.67. The summed E-state index contributed by atoms with van der Waals surface area (Å²) in [6.45, 7) is -0.347. The predicted octanol–water partition coefficient (Wildman–Crippen LogP) is 1.10. The number of terminal acetylenes is 1. The third kappa shape index (κ3) is 4.14. The van der Waals surface area contributed by atoms with Crippen molar-refractivity contribution in [1.82, 2.24) is 15.5 Å². The molecular formula is C20H22N4O4. The fourth-order valence-corrected chi connectivity index (χ4v) is 3.64. The Morgan fingerprint density at radius 3 is 2.75 bits per heavy atom. The Morgan fingerprint density at radius 2 is 1.96 bits per heavy atom. The van der Waals surface area contributed by atoms with Gasteiger partial charge in [0.25, 0.3) is 5.91 Å². The summed E-state index contributed by atoms with van der Waals surface area (Å²) >= 11 is 0. The summed E-state index contributed by atoms with van der Waals surface area (Å²) in [6, 6.07) is 5.74. The fraction of sp³-hybridized carbons (Fsp3) is 0.400. The molecule has 2 unspecified atom stereocenters. The van der Waals surface area contributed by atoms with Gasteiger partial charge in [0.05, 0.1) is 23.7 Å². The monoisotopic (exact) mass is 382 g/mol. The van der Waals surface area contributed by atoms with Crippen LogP contribution in [0.25, 0.3) is 0 Å². The van der Waals surface area contributed by atoms with Crippen LogP contribution in [0.5, 0.6) is 0 Å². The Morgan fingerprint density at radius 1 is 1.21 bits per heavy atom. The van der Waals surface area contributed by atoms with Gasteiger partial charge in [0.15, 0.2) is 0 Å². The zero-order valence-electron chi connectivity index (χ0n) is 15.4. The topological polar surface area (TPSA) is 108 Å². The van der Waals surface area contributed by atoms with Gasteiger partial charge in [0.1, 0.15) is 6.54 Å². The third-order valence-electron chi connectivity index (χ3n) is 5.00. The molecule has 28 heavy (non-hydrogen) atoms. The highest BCUT2D eigenvalue weighted by Crippen LogP contribution is 2.29. The molecular weight excluding hydrogens is 360 g/mol. The first-order valence-electron chi connectivity index (χ1n) is 9.23. The average molecular weight is 382 g/mol. The molecule has 3 rings (SSSR count). The molecule has 1 aromatic carbocycles. The number of fused-ring (bicyclic) bond motifs is 1. The van der Waals surface area contributed by atoms with Crippen molar-refractivity contribution in [2.75, 3.05) is 18.4 Å². The maximum Gasteiger partial charge on any atom is 0.324 e. The number of anilines is 1. The van der Waals surface area contributed by atoms with Crippen molar-refractivity contribution >= 4 is 29.4 Å². The van der Waals surface area contributed by atoms with Gasteiger partial charge >= 0.3 is 6.03 Å². The molecule has 0 radical (unpaired) electrons. The lowest BCUT2D eigenvalue weighted by Gasteiger charge is -2.39. The highest BCUT2D eigenvalue weighted by Gasteiger charge is 2.42. The number of rotatable bonds is 5. The van der Waals surface area contributed by atoms with Crippen LogP contribution in [-0.4, -0.2) is 47.8 Å². The predicted molar refractivity (Wildman–Crippen MR) is 102 cm³/mol. The Kier molecular flexibility index (Phi) is 5.94. The van der Waals surface area contributed by atoms with Crippen molar-refractivity contribution in [1.29, 1.82) is 0 Å². The summed E-state index contributed by atoms with van der Waals surface area (Å²) in [4.78, 5) is 50.5. The lowest BCUT2D eigenvalue weighted by molar-refractivity contribution is -0.138. The normalized spacial score (nSPS) is 21.2. The third-order valence-corrected chi connectivity index (χ3v) is 5.00. The maximum atomic E-state index is 12.7. The molecule has 2 aliphatic rings. The SMILES string of the molecule is C#CCNC(=O)c1ccccc1NC(=O)CN1C(=O)NC2CCCCC2C1=O. The minimum atomic E-state index is -0.560. The molecule has 1 aromatic rings. The molecule has 0 bridgehead atoms. The minimum Gasteiger partial charge on any atom is -0.341 e. The van der Waals surface area contributed by atoms with Crippen molar-refractivity contribution in [3.63, 3.8) is 0 Å². The van der Waals surface area contributed by atoms with E-state index in [4.69, 9.17) is 6.42 Å². The summed E-state index contributed by atoms with van der Waals surface area (Å²) in [5.74, 6) is 0.729. The number of imide groups is 1. The summed E-state index contributed by atoms with van der Waals surface area (Å²) in [5, 5.41) is 7.96. The van der Waals surface area contributed by atoms with Gasteiger partial charge in [-0.25, -0.2) is 4.79 Å². The number of carbonyl (C=O) groups excluding carboxylic acids is 4. The largest absolute Gasteiger partial charge is 0.341 e. The van der Waals surface area contributed by atoms with Gasteiger partial charge in [-0.05, 0) is 25.0 Å². The van der Waals surface area contributed by atoms with Crippen LogP contribution in [0.1, 0.15) is 36.0 Å². The second-order valence-electron chi connectivity index (χ2n) is 6.85. The lowest BCUT2D eigenvalue weighted by atomic mass is 9.82. The number of hydrogen-bond acceptors (Lipinski definition) is 4. The van der Waals surface area contributed by atoms with Crippen molar-refractivity contribution in [3.05, 3.63) is 29.8 Å².